The third kappa shape index (κ3) is 5.54. The number of nitrogens with one attached hydrogen (secondary N) is 1. The van der Waals surface area contributed by atoms with Crippen LogP contribution in [0.5, 0.6) is 0 Å². The molecule has 2 aliphatic rings. The van der Waals surface area contributed by atoms with E-state index >= 15 is 0 Å². The molecule has 0 radical (unpaired) electrons. The van der Waals surface area contributed by atoms with Crippen LogP contribution in [0.4, 0.5) is 5.69 Å². The maximum Gasteiger partial charge on any atom is 0.226 e. The first-order valence-electron chi connectivity index (χ1n) is 13.2. The van der Waals surface area contributed by atoms with E-state index in [1.807, 2.05) is 19.1 Å². The standard InChI is InChI=1S/C28H43N5O/c1-17(2)12-21-14-22(15-21)27-30-31-28(33(27)23-9-10-23)25(32(7)18(3)4)16-26(34)29-24-11-8-19(5)13-20(24)6/h8,11,13,17-18,21-23,25H,9-10,12,14-16H2,1-7H3,(H,29,34)/t21-,22+,25-/m0/s1. The van der Waals surface area contributed by atoms with E-state index in [-0.39, 0.29) is 11.9 Å². The third-order valence-electron chi connectivity index (χ3n) is 7.71. The van der Waals surface area contributed by atoms with Crippen molar-refractivity contribution in [2.24, 2.45) is 11.8 Å². The molecule has 1 atom stereocenters. The van der Waals surface area contributed by atoms with Crippen LogP contribution in [-0.4, -0.2) is 38.7 Å². The quantitative estimate of drug-likeness (QED) is 0.455. The third-order valence-corrected chi connectivity index (χ3v) is 7.71. The van der Waals surface area contributed by atoms with Crippen LogP contribution in [0.25, 0.3) is 0 Å². The molecule has 6 heteroatoms. The number of benzene rings is 1. The van der Waals surface area contributed by atoms with Gasteiger partial charge in [-0.1, -0.05) is 31.5 Å². The minimum atomic E-state index is -0.0980. The Bertz CT molecular complexity index is 1000. The van der Waals surface area contributed by atoms with Crippen LogP contribution in [0, 0.1) is 25.7 Å². The Morgan fingerprint density at radius 3 is 2.44 bits per heavy atom. The number of hydrogen-bond donors (Lipinski definition) is 1. The molecule has 1 amide bonds. The first-order chi connectivity index (χ1) is 16.1. The number of nitrogens with zero attached hydrogens (tertiary/aromatic N) is 4. The van der Waals surface area contributed by atoms with Gasteiger partial charge in [-0.2, -0.15) is 0 Å². The lowest BCUT2D eigenvalue weighted by Gasteiger charge is -2.36. The first kappa shape index (κ1) is 24.9. The number of hydrogen-bond acceptors (Lipinski definition) is 4. The first-order valence-corrected chi connectivity index (χ1v) is 13.2. The van der Waals surface area contributed by atoms with Gasteiger partial charge in [-0.05, 0) is 90.3 Å². The number of aryl methyl sites for hydroxylation is 2. The molecule has 1 aromatic carbocycles. The topological polar surface area (TPSA) is 63.1 Å². The van der Waals surface area contributed by atoms with Crippen LogP contribution in [0.2, 0.25) is 0 Å². The highest BCUT2D eigenvalue weighted by Crippen LogP contribution is 2.48. The van der Waals surface area contributed by atoms with E-state index in [4.69, 9.17) is 10.2 Å². The summed E-state index contributed by atoms with van der Waals surface area (Å²) in [4.78, 5) is 15.5. The summed E-state index contributed by atoms with van der Waals surface area (Å²) in [5, 5.41) is 12.6. The van der Waals surface area contributed by atoms with Crippen molar-refractivity contribution in [3.05, 3.63) is 41.0 Å². The number of carbonyl (C=O) groups is 1. The van der Waals surface area contributed by atoms with Crippen LogP contribution >= 0.6 is 0 Å². The molecule has 2 aromatic rings. The molecule has 186 valence electrons. The monoisotopic (exact) mass is 465 g/mol. The molecule has 0 spiro atoms. The average molecular weight is 466 g/mol. The Morgan fingerprint density at radius 2 is 1.85 bits per heavy atom. The van der Waals surface area contributed by atoms with Crippen molar-refractivity contribution < 1.29 is 4.79 Å². The van der Waals surface area contributed by atoms with Crippen molar-refractivity contribution in [2.75, 3.05) is 12.4 Å². The zero-order valence-corrected chi connectivity index (χ0v) is 22.1. The largest absolute Gasteiger partial charge is 0.326 e. The zero-order chi connectivity index (χ0) is 24.6. The molecular weight excluding hydrogens is 422 g/mol. The van der Waals surface area contributed by atoms with Gasteiger partial charge in [-0.25, -0.2) is 0 Å². The second-order valence-electron chi connectivity index (χ2n) is 11.5. The van der Waals surface area contributed by atoms with Crippen molar-refractivity contribution in [3.63, 3.8) is 0 Å². The zero-order valence-electron chi connectivity index (χ0n) is 22.1. The number of rotatable bonds is 10. The van der Waals surface area contributed by atoms with Crippen LogP contribution in [0.15, 0.2) is 18.2 Å². The van der Waals surface area contributed by atoms with Crippen molar-refractivity contribution in [2.45, 2.75) is 104 Å². The van der Waals surface area contributed by atoms with Gasteiger partial charge >= 0.3 is 0 Å². The van der Waals surface area contributed by atoms with Crippen LogP contribution < -0.4 is 5.32 Å². The minimum absolute atomic E-state index is 0.0250. The molecule has 0 bridgehead atoms. The molecular formula is C28H43N5O. The summed E-state index contributed by atoms with van der Waals surface area (Å²) in [6.07, 6.45) is 6.49. The van der Waals surface area contributed by atoms with Crippen molar-refractivity contribution >= 4 is 11.6 Å². The van der Waals surface area contributed by atoms with Gasteiger partial charge in [0.05, 0.1) is 6.04 Å². The normalized spacial score (nSPS) is 21.2. The number of aromatic nitrogens is 3. The predicted octanol–water partition coefficient (Wildman–Crippen LogP) is 6.18. The SMILES string of the molecule is Cc1ccc(NC(=O)C[C@@H](c2nnc([C@H]3C[C@@H](CC(C)C)C3)n2C2CC2)N(C)C(C)C)c(C)c1. The summed E-state index contributed by atoms with van der Waals surface area (Å²) in [6.45, 7) is 13.1. The summed E-state index contributed by atoms with van der Waals surface area (Å²) < 4.78 is 2.42. The second-order valence-corrected chi connectivity index (χ2v) is 11.5. The van der Waals surface area contributed by atoms with E-state index in [1.54, 1.807) is 0 Å². The van der Waals surface area contributed by atoms with E-state index in [0.29, 0.717) is 24.4 Å². The van der Waals surface area contributed by atoms with Gasteiger partial charge in [0.25, 0.3) is 0 Å². The molecule has 1 heterocycles. The highest BCUT2D eigenvalue weighted by molar-refractivity contribution is 5.91. The number of carbonyl (C=O) groups excluding carboxylic acids is 1. The molecule has 34 heavy (non-hydrogen) atoms. The molecule has 2 fully saturated rings. The predicted molar refractivity (Wildman–Crippen MR) is 138 cm³/mol. The minimum Gasteiger partial charge on any atom is -0.326 e. The van der Waals surface area contributed by atoms with Gasteiger partial charge in [0.1, 0.15) is 5.82 Å². The molecule has 2 aliphatic carbocycles. The van der Waals surface area contributed by atoms with Crippen molar-refractivity contribution in [1.29, 1.82) is 0 Å². The molecule has 6 nitrogen and oxygen atoms in total. The fraction of sp³-hybridized carbons (Fsp3) is 0.679. The highest BCUT2D eigenvalue weighted by atomic mass is 16.1. The maximum atomic E-state index is 13.2. The molecule has 1 aromatic heterocycles. The lowest BCUT2D eigenvalue weighted by atomic mass is 9.71. The number of amides is 1. The van der Waals surface area contributed by atoms with Gasteiger partial charge in [-0.15, -0.1) is 10.2 Å². The Kier molecular flexibility index (Phi) is 7.46. The number of anilines is 1. The fourth-order valence-corrected chi connectivity index (χ4v) is 5.44. The van der Waals surface area contributed by atoms with E-state index in [2.05, 4.69) is 62.5 Å². The Balaban J connectivity index is 1.55. The smallest absolute Gasteiger partial charge is 0.226 e. The molecule has 0 aliphatic heterocycles. The Labute approximate surface area is 205 Å². The lowest BCUT2D eigenvalue weighted by Crippen LogP contribution is -2.35. The van der Waals surface area contributed by atoms with Crippen molar-refractivity contribution in [3.8, 4) is 0 Å². The summed E-state index contributed by atoms with van der Waals surface area (Å²) in [5.74, 6) is 4.24. The Hall–Kier alpha value is -2.21. The summed E-state index contributed by atoms with van der Waals surface area (Å²) in [7, 11) is 2.10. The average Bonchev–Trinajstić information content (AvgIpc) is 3.49. The van der Waals surface area contributed by atoms with E-state index in [1.165, 1.54) is 37.7 Å². The van der Waals surface area contributed by atoms with Crippen molar-refractivity contribution in [1.82, 2.24) is 19.7 Å². The second kappa shape index (κ2) is 10.2. The summed E-state index contributed by atoms with van der Waals surface area (Å²) in [6, 6.07) is 6.84. The van der Waals surface area contributed by atoms with E-state index in [0.717, 1.165) is 34.7 Å². The van der Waals surface area contributed by atoms with Gasteiger partial charge in [0, 0.05) is 30.1 Å². The van der Waals surface area contributed by atoms with Crippen LogP contribution in [0.1, 0.15) is 107 Å². The summed E-state index contributed by atoms with van der Waals surface area (Å²) >= 11 is 0. The fourth-order valence-electron chi connectivity index (χ4n) is 5.44. The Morgan fingerprint density at radius 1 is 1.15 bits per heavy atom. The highest BCUT2D eigenvalue weighted by Gasteiger charge is 2.40. The van der Waals surface area contributed by atoms with Gasteiger partial charge in [0.2, 0.25) is 5.91 Å². The van der Waals surface area contributed by atoms with Gasteiger partial charge in [0.15, 0.2) is 5.82 Å². The molecule has 1 N–H and O–H groups in total. The van der Waals surface area contributed by atoms with Crippen LogP contribution in [0.3, 0.4) is 0 Å². The molecule has 0 unspecified atom stereocenters. The summed E-state index contributed by atoms with van der Waals surface area (Å²) in [5.41, 5.74) is 3.17. The van der Waals surface area contributed by atoms with Gasteiger partial charge < -0.3 is 9.88 Å². The van der Waals surface area contributed by atoms with Crippen LogP contribution in [-0.2, 0) is 4.79 Å². The molecule has 2 saturated carbocycles. The van der Waals surface area contributed by atoms with Gasteiger partial charge in [-0.3, -0.25) is 9.69 Å². The maximum absolute atomic E-state index is 13.2. The molecule has 0 saturated heterocycles. The van der Waals surface area contributed by atoms with E-state index in [9.17, 15) is 4.79 Å². The van der Waals surface area contributed by atoms with E-state index < -0.39 is 0 Å². The molecule has 4 rings (SSSR count). The lowest BCUT2D eigenvalue weighted by molar-refractivity contribution is -0.117.